The second-order valence-electron chi connectivity index (χ2n) is 2.90. The first kappa shape index (κ1) is 7.88. The molecule has 0 saturated heterocycles. The SMILES string of the molecule is C[N+]1(C(=O)[O-])N=Nc2ccccc21. The van der Waals surface area contributed by atoms with Crippen LogP contribution in [0, 0.1) is 0 Å². The van der Waals surface area contributed by atoms with Gasteiger partial charge in [-0.2, -0.15) is 0 Å². The summed E-state index contributed by atoms with van der Waals surface area (Å²) in [5.41, 5.74) is 1.11. The van der Waals surface area contributed by atoms with Gasteiger partial charge in [-0.3, -0.25) is 0 Å². The van der Waals surface area contributed by atoms with Crippen LogP contribution in [0.1, 0.15) is 0 Å². The minimum atomic E-state index is -1.28. The van der Waals surface area contributed by atoms with Crippen LogP contribution in [0.5, 0.6) is 0 Å². The van der Waals surface area contributed by atoms with Crippen molar-refractivity contribution in [3.05, 3.63) is 24.3 Å². The Balaban J connectivity index is 2.61. The van der Waals surface area contributed by atoms with Crippen molar-refractivity contribution in [1.82, 2.24) is 4.59 Å². The number of para-hydroxylation sites is 1. The predicted octanol–water partition coefficient (Wildman–Crippen LogP) is 0.979. The van der Waals surface area contributed by atoms with E-state index in [9.17, 15) is 9.90 Å². The minimum absolute atomic E-state index is 0.530. The largest absolute Gasteiger partial charge is 0.496 e. The molecule has 0 saturated carbocycles. The van der Waals surface area contributed by atoms with E-state index in [2.05, 4.69) is 10.3 Å². The minimum Gasteiger partial charge on any atom is -0.496 e. The van der Waals surface area contributed by atoms with Crippen LogP contribution in [0.15, 0.2) is 34.6 Å². The van der Waals surface area contributed by atoms with Gasteiger partial charge < -0.3 is 9.90 Å². The second-order valence-corrected chi connectivity index (χ2v) is 2.90. The van der Waals surface area contributed by atoms with Gasteiger partial charge in [-0.05, 0) is 6.07 Å². The predicted molar refractivity (Wildman–Crippen MR) is 44.1 cm³/mol. The summed E-state index contributed by atoms with van der Waals surface area (Å²) in [4.78, 5) is 10.8. The molecule has 1 aliphatic heterocycles. The van der Waals surface area contributed by atoms with Crippen LogP contribution in [0.3, 0.4) is 0 Å². The first-order valence-corrected chi connectivity index (χ1v) is 3.75. The highest BCUT2D eigenvalue weighted by Gasteiger charge is 2.36. The molecule has 1 aromatic rings. The standard InChI is InChI=1S/C8H7N3O2/c1-11(8(12)13)7-5-3-2-4-6(7)9-10-11/h2-5H,1H3. The van der Waals surface area contributed by atoms with E-state index in [0.29, 0.717) is 11.4 Å². The summed E-state index contributed by atoms with van der Waals surface area (Å²) in [6, 6.07) is 6.91. The third-order valence-electron chi connectivity index (χ3n) is 2.04. The van der Waals surface area contributed by atoms with E-state index < -0.39 is 10.7 Å². The van der Waals surface area contributed by atoms with Crippen molar-refractivity contribution in [3.8, 4) is 0 Å². The molecule has 0 aromatic heterocycles. The number of carbonyl (C=O) groups excluding carboxylic acids is 1. The van der Waals surface area contributed by atoms with Crippen LogP contribution in [0.2, 0.25) is 0 Å². The van der Waals surface area contributed by atoms with Gasteiger partial charge in [0.1, 0.15) is 7.05 Å². The highest BCUT2D eigenvalue weighted by Crippen LogP contribution is 2.38. The zero-order valence-corrected chi connectivity index (χ0v) is 6.97. The summed E-state index contributed by atoms with van der Waals surface area (Å²) >= 11 is 0. The third-order valence-corrected chi connectivity index (χ3v) is 2.04. The highest BCUT2D eigenvalue weighted by atomic mass is 16.4. The third kappa shape index (κ3) is 0.940. The molecule has 0 radical (unpaired) electrons. The lowest BCUT2D eigenvalue weighted by Crippen LogP contribution is -2.51. The van der Waals surface area contributed by atoms with Crippen molar-refractivity contribution < 1.29 is 9.90 Å². The zero-order chi connectivity index (χ0) is 9.47. The Morgan fingerprint density at radius 2 is 2.15 bits per heavy atom. The van der Waals surface area contributed by atoms with Crippen molar-refractivity contribution >= 4 is 17.5 Å². The number of hydrogen-bond donors (Lipinski definition) is 0. The fourth-order valence-electron chi connectivity index (χ4n) is 1.24. The average Bonchev–Trinajstić information content (AvgIpc) is 2.47. The van der Waals surface area contributed by atoms with Crippen LogP contribution < -0.4 is 9.70 Å². The zero-order valence-electron chi connectivity index (χ0n) is 6.97. The Bertz CT molecular complexity index is 402. The summed E-state index contributed by atoms with van der Waals surface area (Å²) < 4.78 is -0.629. The smallest absolute Gasteiger partial charge is 0.292 e. The van der Waals surface area contributed by atoms with Gasteiger partial charge in [0, 0.05) is 11.3 Å². The van der Waals surface area contributed by atoms with E-state index in [0.717, 1.165) is 0 Å². The van der Waals surface area contributed by atoms with E-state index in [1.54, 1.807) is 24.3 Å². The Morgan fingerprint density at radius 1 is 1.46 bits per heavy atom. The Hall–Kier alpha value is -1.75. The molecule has 1 unspecified atom stereocenters. The van der Waals surface area contributed by atoms with Crippen LogP contribution in [-0.4, -0.2) is 13.1 Å². The molecule has 0 aliphatic carbocycles. The number of amides is 1. The average molecular weight is 177 g/mol. The lowest BCUT2D eigenvalue weighted by Gasteiger charge is -2.20. The Labute approximate surface area is 74.5 Å². The monoisotopic (exact) mass is 177 g/mol. The molecular formula is C8H7N3O2. The molecule has 0 bridgehead atoms. The molecular weight excluding hydrogens is 170 g/mol. The van der Waals surface area contributed by atoms with Crippen molar-refractivity contribution in [1.29, 1.82) is 0 Å². The number of carbonyl (C=O) groups is 1. The van der Waals surface area contributed by atoms with E-state index in [1.165, 1.54) is 7.05 Å². The number of hydrogen-bond acceptors (Lipinski definition) is 4. The Kier molecular flexibility index (Phi) is 1.43. The van der Waals surface area contributed by atoms with Crippen molar-refractivity contribution in [2.75, 3.05) is 7.05 Å². The van der Waals surface area contributed by atoms with Gasteiger partial charge in [-0.25, -0.2) is 0 Å². The molecule has 1 aromatic carbocycles. The first-order chi connectivity index (χ1) is 6.14. The summed E-state index contributed by atoms with van der Waals surface area (Å²) in [7, 11) is 1.42. The van der Waals surface area contributed by atoms with E-state index in [1.807, 2.05) is 0 Å². The van der Waals surface area contributed by atoms with Crippen molar-refractivity contribution in [2.24, 2.45) is 10.3 Å². The molecule has 0 N–H and O–H groups in total. The molecule has 66 valence electrons. The quantitative estimate of drug-likeness (QED) is 0.554. The van der Waals surface area contributed by atoms with Crippen LogP contribution in [0.4, 0.5) is 16.2 Å². The maximum atomic E-state index is 10.8. The number of quaternary nitrogens is 1. The van der Waals surface area contributed by atoms with E-state index in [4.69, 9.17) is 0 Å². The maximum Gasteiger partial charge on any atom is 0.292 e. The van der Waals surface area contributed by atoms with Crippen LogP contribution in [-0.2, 0) is 0 Å². The molecule has 0 spiro atoms. The van der Waals surface area contributed by atoms with E-state index in [-0.39, 0.29) is 0 Å². The fourth-order valence-corrected chi connectivity index (χ4v) is 1.24. The van der Waals surface area contributed by atoms with Crippen molar-refractivity contribution in [2.45, 2.75) is 0 Å². The molecule has 0 fully saturated rings. The van der Waals surface area contributed by atoms with Crippen LogP contribution in [0.25, 0.3) is 0 Å². The topological polar surface area (TPSA) is 64.8 Å². The number of nitrogens with zero attached hydrogens (tertiary/aromatic N) is 3. The normalized spacial score (nSPS) is 24.4. The van der Waals surface area contributed by atoms with Crippen LogP contribution >= 0.6 is 0 Å². The molecule has 2 rings (SSSR count). The second kappa shape index (κ2) is 2.37. The summed E-state index contributed by atoms with van der Waals surface area (Å²) in [5, 5.41) is 18.2. The fraction of sp³-hybridized carbons (Fsp3) is 0.125. The van der Waals surface area contributed by atoms with Gasteiger partial charge in [0.15, 0.2) is 11.4 Å². The van der Waals surface area contributed by atoms with Gasteiger partial charge in [-0.1, -0.05) is 21.8 Å². The number of rotatable bonds is 0. The number of carboxylic acid groups (broad SMARTS) is 1. The molecule has 5 heteroatoms. The molecule has 1 heterocycles. The molecule has 13 heavy (non-hydrogen) atoms. The van der Waals surface area contributed by atoms with Gasteiger partial charge in [0.05, 0.1) is 0 Å². The molecule has 1 atom stereocenters. The van der Waals surface area contributed by atoms with Gasteiger partial charge in [-0.15, -0.1) is 0 Å². The molecule has 5 nitrogen and oxygen atoms in total. The maximum absolute atomic E-state index is 10.8. The highest BCUT2D eigenvalue weighted by molar-refractivity contribution is 5.84. The number of benzene rings is 1. The molecule has 1 amide bonds. The number of fused-ring (bicyclic) bond motifs is 1. The lowest BCUT2D eigenvalue weighted by molar-refractivity contribution is -0.263. The first-order valence-electron chi connectivity index (χ1n) is 3.75. The van der Waals surface area contributed by atoms with Gasteiger partial charge >= 0.3 is 0 Å². The van der Waals surface area contributed by atoms with Gasteiger partial charge in [0.2, 0.25) is 0 Å². The van der Waals surface area contributed by atoms with E-state index >= 15 is 0 Å². The lowest BCUT2D eigenvalue weighted by atomic mass is 10.2. The van der Waals surface area contributed by atoms with Crippen molar-refractivity contribution in [3.63, 3.8) is 0 Å². The summed E-state index contributed by atoms with van der Waals surface area (Å²) in [6.07, 6.45) is -1.28. The summed E-state index contributed by atoms with van der Waals surface area (Å²) in [5.74, 6) is 0. The van der Waals surface area contributed by atoms with Gasteiger partial charge in [0.25, 0.3) is 6.09 Å². The summed E-state index contributed by atoms with van der Waals surface area (Å²) in [6.45, 7) is 0. The molecule has 1 aliphatic rings. The Morgan fingerprint density at radius 3 is 2.85 bits per heavy atom.